The summed E-state index contributed by atoms with van der Waals surface area (Å²) in [5.74, 6) is -2.50. The van der Waals surface area contributed by atoms with Gasteiger partial charge in [0.15, 0.2) is 0 Å². The molecule has 0 saturated carbocycles. The van der Waals surface area contributed by atoms with Crippen LogP contribution in [-0.2, 0) is 20.6 Å². The van der Waals surface area contributed by atoms with Gasteiger partial charge in [-0.3, -0.25) is 14.2 Å². The number of nitrogens with one attached hydrogen (secondary N) is 1. The van der Waals surface area contributed by atoms with E-state index >= 15 is 0 Å². The number of benzene rings is 1. The lowest BCUT2D eigenvalue weighted by molar-refractivity contribution is -0.140. The quantitative estimate of drug-likeness (QED) is 0.507. The van der Waals surface area contributed by atoms with E-state index in [1.165, 1.54) is 0 Å². The second-order valence-electron chi connectivity index (χ2n) is 4.61. The van der Waals surface area contributed by atoms with Crippen molar-refractivity contribution in [2.45, 2.75) is 25.3 Å². The van der Waals surface area contributed by atoms with E-state index in [-0.39, 0.29) is 19.0 Å². The fourth-order valence-electron chi connectivity index (χ4n) is 1.74. The van der Waals surface area contributed by atoms with Crippen molar-refractivity contribution in [3.8, 4) is 0 Å². The molecular weight excluding hydrogens is 297 g/mol. The van der Waals surface area contributed by atoms with Crippen LogP contribution in [0.5, 0.6) is 0 Å². The standard InChI is InChI=1S/C13H18NO6P/c15-12(16)7-6-11(13(17)18)14-21(19,20)9-8-10-4-2-1-3-5-10/h1-5,11H,6-9H2,(H,15,16)(H,17,18)(H2,14,19,20). The predicted molar refractivity (Wildman–Crippen MR) is 76.3 cm³/mol. The van der Waals surface area contributed by atoms with E-state index in [2.05, 4.69) is 5.09 Å². The number of carboxylic acid groups (broad SMARTS) is 2. The highest BCUT2D eigenvalue weighted by molar-refractivity contribution is 7.55. The highest BCUT2D eigenvalue weighted by Gasteiger charge is 2.27. The van der Waals surface area contributed by atoms with Gasteiger partial charge < -0.3 is 15.1 Å². The third-order valence-electron chi connectivity index (χ3n) is 2.85. The van der Waals surface area contributed by atoms with Crippen molar-refractivity contribution in [3.63, 3.8) is 0 Å². The minimum Gasteiger partial charge on any atom is -0.481 e. The number of carboxylic acids is 2. The maximum Gasteiger partial charge on any atom is 0.321 e. The van der Waals surface area contributed by atoms with Gasteiger partial charge in [-0.15, -0.1) is 0 Å². The van der Waals surface area contributed by atoms with Crippen LogP contribution in [0.2, 0.25) is 0 Å². The average molecular weight is 315 g/mol. The van der Waals surface area contributed by atoms with Crippen molar-refractivity contribution in [1.29, 1.82) is 0 Å². The Bertz CT molecular complexity index is 533. The predicted octanol–water partition coefficient (Wildman–Crippen LogP) is 1.32. The summed E-state index contributed by atoms with van der Waals surface area (Å²) >= 11 is 0. The topological polar surface area (TPSA) is 124 Å². The zero-order valence-corrected chi connectivity index (χ0v) is 12.2. The van der Waals surface area contributed by atoms with Crippen molar-refractivity contribution in [2.75, 3.05) is 6.16 Å². The van der Waals surface area contributed by atoms with Crippen LogP contribution in [0.15, 0.2) is 30.3 Å². The molecule has 0 aliphatic carbocycles. The molecule has 0 aliphatic rings. The molecule has 4 N–H and O–H groups in total. The number of aryl methyl sites for hydroxylation is 1. The molecule has 0 aromatic heterocycles. The van der Waals surface area contributed by atoms with Crippen LogP contribution in [0.25, 0.3) is 0 Å². The Labute approximate surface area is 122 Å². The Hall–Kier alpha value is -1.69. The number of aliphatic carboxylic acids is 2. The van der Waals surface area contributed by atoms with Crippen LogP contribution in [0.4, 0.5) is 0 Å². The van der Waals surface area contributed by atoms with Crippen LogP contribution < -0.4 is 5.09 Å². The molecule has 0 amide bonds. The van der Waals surface area contributed by atoms with Gasteiger partial charge in [0.2, 0.25) is 0 Å². The first-order valence-corrected chi connectivity index (χ1v) is 8.23. The zero-order chi connectivity index (χ0) is 15.9. The summed E-state index contributed by atoms with van der Waals surface area (Å²) in [6.45, 7) is 0. The average Bonchev–Trinajstić information content (AvgIpc) is 2.42. The Morgan fingerprint density at radius 3 is 2.33 bits per heavy atom. The minimum atomic E-state index is -3.85. The maximum absolute atomic E-state index is 12.0. The summed E-state index contributed by atoms with van der Waals surface area (Å²) in [6.07, 6.45) is -0.427. The summed E-state index contributed by atoms with van der Waals surface area (Å²) in [6, 6.07) is 7.69. The summed E-state index contributed by atoms with van der Waals surface area (Å²) in [4.78, 5) is 31.2. The molecule has 0 spiro atoms. The molecule has 0 saturated heterocycles. The van der Waals surface area contributed by atoms with Crippen LogP contribution in [0, 0.1) is 0 Å². The van der Waals surface area contributed by atoms with E-state index < -0.39 is 25.5 Å². The van der Waals surface area contributed by atoms with E-state index in [4.69, 9.17) is 10.2 Å². The zero-order valence-electron chi connectivity index (χ0n) is 11.3. The summed E-state index contributed by atoms with van der Waals surface area (Å²) in [5.41, 5.74) is 0.867. The lowest BCUT2D eigenvalue weighted by Crippen LogP contribution is -2.35. The first-order chi connectivity index (χ1) is 9.80. The van der Waals surface area contributed by atoms with Crippen LogP contribution in [0.1, 0.15) is 18.4 Å². The van der Waals surface area contributed by atoms with Crippen molar-refractivity contribution in [2.24, 2.45) is 0 Å². The Kier molecular flexibility index (Phi) is 6.55. The molecule has 0 aliphatic heterocycles. The van der Waals surface area contributed by atoms with Crippen molar-refractivity contribution >= 4 is 19.5 Å². The molecule has 7 nitrogen and oxygen atoms in total. The summed E-state index contributed by atoms with van der Waals surface area (Å²) in [7, 11) is -3.85. The van der Waals surface area contributed by atoms with Gasteiger partial charge in [0, 0.05) is 12.6 Å². The van der Waals surface area contributed by atoms with Crippen molar-refractivity contribution < 1.29 is 29.3 Å². The van der Waals surface area contributed by atoms with Crippen molar-refractivity contribution in [1.82, 2.24) is 5.09 Å². The molecule has 8 heteroatoms. The van der Waals surface area contributed by atoms with Gasteiger partial charge in [0.1, 0.15) is 6.04 Å². The SMILES string of the molecule is O=C(O)CCC(NP(=O)(O)CCc1ccccc1)C(=O)O. The second kappa shape index (κ2) is 7.93. The van der Waals surface area contributed by atoms with E-state index in [0.29, 0.717) is 6.42 Å². The van der Waals surface area contributed by atoms with Gasteiger partial charge in [-0.1, -0.05) is 30.3 Å². The second-order valence-corrected chi connectivity index (χ2v) is 6.72. The summed E-state index contributed by atoms with van der Waals surface area (Å²) < 4.78 is 12.0. The van der Waals surface area contributed by atoms with E-state index in [1.54, 1.807) is 24.3 Å². The fraction of sp³-hybridized carbons (Fsp3) is 0.385. The van der Waals surface area contributed by atoms with Gasteiger partial charge in [0.25, 0.3) is 7.52 Å². The smallest absolute Gasteiger partial charge is 0.321 e. The van der Waals surface area contributed by atoms with E-state index in [1.807, 2.05) is 6.07 Å². The lowest BCUT2D eigenvalue weighted by Gasteiger charge is -2.18. The molecule has 1 rings (SSSR count). The number of hydrogen-bond donors (Lipinski definition) is 4. The van der Waals surface area contributed by atoms with Crippen LogP contribution >= 0.6 is 7.52 Å². The Balaban J connectivity index is 2.57. The lowest BCUT2D eigenvalue weighted by atomic mass is 10.2. The van der Waals surface area contributed by atoms with Gasteiger partial charge in [-0.2, -0.15) is 0 Å². The highest BCUT2D eigenvalue weighted by atomic mass is 31.2. The summed E-state index contributed by atoms with van der Waals surface area (Å²) in [5, 5.41) is 19.7. The molecule has 2 unspecified atom stereocenters. The molecule has 0 heterocycles. The molecule has 116 valence electrons. The molecule has 0 bridgehead atoms. The van der Waals surface area contributed by atoms with Crippen LogP contribution in [-0.4, -0.2) is 39.2 Å². The molecule has 21 heavy (non-hydrogen) atoms. The first-order valence-electron chi connectivity index (χ1n) is 6.38. The van der Waals surface area contributed by atoms with Gasteiger partial charge >= 0.3 is 11.9 Å². The molecule has 0 fully saturated rings. The minimum absolute atomic E-state index is 0.117. The largest absolute Gasteiger partial charge is 0.481 e. The molecule has 1 aromatic carbocycles. The maximum atomic E-state index is 12.0. The number of hydrogen-bond acceptors (Lipinski definition) is 3. The molecule has 1 aromatic rings. The van der Waals surface area contributed by atoms with Crippen LogP contribution in [0.3, 0.4) is 0 Å². The monoisotopic (exact) mass is 315 g/mol. The van der Waals surface area contributed by atoms with Crippen molar-refractivity contribution in [3.05, 3.63) is 35.9 Å². The van der Waals surface area contributed by atoms with E-state index in [9.17, 15) is 19.0 Å². The molecule has 2 atom stereocenters. The number of rotatable bonds is 9. The third kappa shape index (κ3) is 7.04. The van der Waals surface area contributed by atoms with Gasteiger partial charge in [0.05, 0.1) is 0 Å². The molecular formula is C13H18NO6P. The highest BCUT2D eigenvalue weighted by Crippen LogP contribution is 2.37. The number of carbonyl (C=O) groups is 2. The molecule has 0 radical (unpaired) electrons. The van der Waals surface area contributed by atoms with E-state index in [0.717, 1.165) is 5.56 Å². The Morgan fingerprint density at radius 1 is 1.19 bits per heavy atom. The normalized spacial score (nSPS) is 15.1. The first kappa shape index (κ1) is 17.4. The fourth-order valence-corrected chi connectivity index (χ4v) is 3.16. The third-order valence-corrected chi connectivity index (χ3v) is 4.39. The van der Waals surface area contributed by atoms with Gasteiger partial charge in [-0.05, 0) is 18.4 Å². The van der Waals surface area contributed by atoms with Gasteiger partial charge in [-0.25, -0.2) is 5.09 Å². The Morgan fingerprint density at radius 2 is 1.81 bits per heavy atom.